The highest BCUT2D eigenvalue weighted by Crippen LogP contribution is 2.48. The summed E-state index contributed by atoms with van der Waals surface area (Å²) in [6.07, 6.45) is -2.68. The zero-order valence-corrected chi connectivity index (χ0v) is 27.7. The van der Waals surface area contributed by atoms with Crippen molar-refractivity contribution in [2.24, 2.45) is 0 Å². The van der Waals surface area contributed by atoms with Gasteiger partial charge in [-0.15, -0.1) is 11.3 Å². The molecule has 0 atom stereocenters. The number of hydrogen-bond donors (Lipinski definition) is 0. The summed E-state index contributed by atoms with van der Waals surface area (Å²) < 4.78 is 45.6. The molecule has 8 aromatic carbocycles. The highest BCUT2D eigenvalue weighted by molar-refractivity contribution is 7.25. The molecule has 0 bridgehead atoms. The summed E-state index contributed by atoms with van der Waals surface area (Å²) in [6.45, 7) is -2.91. The van der Waals surface area contributed by atoms with Crippen molar-refractivity contribution in [2.45, 2.75) is 13.2 Å². The molecule has 0 radical (unpaired) electrons. The molecule has 0 fully saturated rings. The van der Waals surface area contributed by atoms with Gasteiger partial charge in [-0.25, -0.2) is 4.98 Å². The molecule has 0 saturated heterocycles. The molecule has 0 unspecified atom stereocenters. The lowest BCUT2D eigenvalue weighted by molar-refractivity contribution is 0.908. The number of para-hydroxylation sites is 2. The van der Waals surface area contributed by atoms with Crippen molar-refractivity contribution in [3.8, 4) is 39.1 Å². The molecule has 2 heterocycles. The summed E-state index contributed by atoms with van der Waals surface area (Å²) in [5.41, 5.74) is 8.57. The van der Waals surface area contributed by atoms with E-state index >= 15 is 0 Å². The Labute approximate surface area is 301 Å². The highest BCUT2D eigenvalue weighted by atomic mass is 32.1. The van der Waals surface area contributed by atoms with E-state index in [2.05, 4.69) is 126 Å². The van der Waals surface area contributed by atoms with Crippen molar-refractivity contribution in [2.75, 3.05) is 0 Å². The Balaban J connectivity index is 1.25. The van der Waals surface area contributed by atoms with Gasteiger partial charge in [0.25, 0.3) is 0 Å². The predicted molar refractivity (Wildman–Crippen MR) is 215 cm³/mol. The zero-order valence-electron chi connectivity index (χ0n) is 31.9. The van der Waals surface area contributed by atoms with Crippen molar-refractivity contribution in [3.63, 3.8) is 0 Å². The number of fused-ring (bicyclic) bond motifs is 6. The number of aromatic nitrogens is 2. The average Bonchev–Trinajstić information content (AvgIpc) is 3.80. The maximum absolute atomic E-state index is 8.68. The topological polar surface area (TPSA) is 17.8 Å². The second kappa shape index (κ2) is 11.5. The number of imidazole rings is 1. The van der Waals surface area contributed by atoms with Gasteiger partial charge in [0.05, 0.1) is 11.0 Å². The van der Waals surface area contributed by atoms with Gasteiger partial charge in [-0.1, -0.05) is 128 Å². The SMILES string of the molecule is [2H]C([2H])([2H])C([2H])([2H])c1nc2ccccc2n1-c1ccc(-c2c3ccccc3c(-c3cccc4sc5ccccc5c34)c3cc(-c4ccccc4)ccc23)cc1. The van der Waals surface area contributed by atoms with E-state index in [0.717, 1.165) is 43.8 Å². The van der Waals surface area contributed by atoms with E-state index < -0.39 is 13.2 Å². The Kier molecular flexibility index (Phi) is 5.58. The molecule has 0 aliphatic heterocycles. The first-order chi connectivity index (χ1) is 26.7. The normalized spacial score (nSPS) is 13.8. The zero-order chi connectivity index (χ0) is 37.5. The predicted octanol–water partition coefficient (Wildman–Crippen LogP) is 13.3. The maximum Gasteiger partial charge on any atom is 0.114 e. The third-order valence-electron chi connectivity index (χ3n) is 9.89. The van der Waals surface area contributed by atoms with E-state index in [1.165, 1.54) is 31.3 Å². The minimum atomic E-state index is -2.91. The van der Waals surface area contributed by atoms with Crippen LogP contribution in [0.5, 0.6) is 0 Å². The van der Waals surface area contributed by atoms with Gasteiger partial charge >= 0.3 is 0 Å². The molecule has 2 nitrogen and oxygen atoms in total. The lowest BCUT2D eigenvalue weighted by atomic mass is 9.84. The monoisotopic (exact) mass is 661 g/mol. The fourth-order valence-corrected chi connectivity index (χ4v) is 8.85. The second-order valence-electron chi connectivity index (χ2n) is 12.6. The summed E-state index contributed by atoms with van der Waals surface area (Å²) in [5.74, 6) is -0.148. The molecule has 10 rings (SSSR count). The van der Waals surface area contributed by atoms with Gasteiger partial charge in [-0.3, -0.25) is 4.57 Å². The van der Waals surface area contributed by atoms with Gasteiger partial charge in [0.2, 0.25) is 0 Å². The van der Waals surface area contributed by atoms with Crippen LogP contribution in [0.4, 0.5) is 0 Å². The molecule has 0 aliphatic carbocycles. The fraction of sp³-hybridized carbons (Fsp3) is 0.0426. The van der Waals surface area contributed by atoms with Crippen molar-refractivity contribution in [1.82, 2.24) is 9.55 Å². The lowest BCUT2D eigenvalue weighted by Gasteiger charge is -2.20. The standard InChI is InChI=1S/C47H32N2S/c1-2-44-48-40-19-9-10-20-41(40)49(44)33-26-23-31(24-27-33)45-34-15-6-7-16-35(34)46(39-29-32(25-28-36(39)45)30-13-4-3-5-14-30)38-18-12-22-43-47(38)37-17-8-11-21-42(37)50-43/h3-29H,2H2,1H3/i1D3,2D2. The average molecular weight is 662 g/mol. The molecule has 50 heavy (non-hydrogen) atoms. The Morgan fingerprint density at radius 2 is 1.24 bits per heavy atom. The number of benzene rings is 8. The Hall–Kier alpha value is -6.03. The van der Waals surface area contributed by atoms with Gasteiger partial charge in [0.1, 0.15) is 5.82 Å². The quantitative estimate of drug-likeness (QED) is 0.168. The second-order valence-corrected chi connectivity index (χ2v) is 13.7. The van der Waals surface area contributed by atoms with Gasteiger partial charge in [0.15, 0.2) is 0 Å². The van der Waals surface area contributed by atoms with Crippen LogP contribution in [-0.2, 0) is 6.37 Å². The maximum atomic E-state index is 8.68. The number of thiophene rings is 1. The Morgan fingerprint density at radius 3 is 2.08 bits per heavy atom. The van der Waals surface area contributed by atoms with Crippen molar-refractivity contribution in [1.29, 1.82) is 0 Å². The Morgan fingerprint density at radius 1 is 0.560 bits per heavy atom. The smallest absolute Gasteiger partial charge is 0.114 e. The van der Waals surface area contributed by atoms with Crippen molar-refractivity contribution in [3.05, 3.63) is 170 Å². The molecule has 10 aromatic rings. The fourth-order valence-electron chi connectivity index (χ4n) is 7.72. The first kappa shape index (κ1) is 24.2. The van der Waals surface area contributed by atoms with Crippen molar-refractivity contribution >= 4 is 64.1 Å². The molecule has 3 heteroatoms. The summed E-state index contributed by atoms with van der Waals surface area (Å²) >= 11 is 1.82. The summed E-state index contributed by atoms with van der Waals surface area (Å²) in [5, 5.41) is 7.05. The molecule has 2 aromatic heterocycles. The van der Waals surface area contributed by atoms with Crippen LogP contribution in [0.3, 0.4) is 0 Å². The largest absolute Gasteiger partial charge is 0.296 e. The van der Waals surface area contributed by atoms with Crippen LogP contribution in [-0.4, -0.2) is 9.55 Å². The molecule has 0 saturated carbocycles. The van der Waals surface area contributed by atoms with E-state index in [-0.39, 0.29) is 5.82 Å². The summed E-state index contributed by atoms with van der Waals surface area (Å²) in [4.78, 5) is 4.53. The van der Waals surface area contributed by atoms with Crippen LogP contribution in [0.2, 0.25) is 0 Å². The third-order valence-corrected chi connectivity index (χ3v) is 11.0. The van der Waals surface area contributed by atoms with Crippen LogP contribution in [0.25, 0.3) is 91.8 Å². The van der Waals surface area contributed by atoms with E-state index in [1.807, 2.05) is 47.7 Å². The van der Waals surface area contributed by atoms with E-state index in [1.54, 1.807) is 10.6 Å². The Bertz CT molecular complexity index is 3110. The van der Waals surface area contributed by atoms with Crippen LogP contribution < -0.4 is 0 Å². The summed E-state index contributed by atoms with van der Waals surface area (Å²) in [6, 6.07) is 56.5. The van der Waals surface area contributed by atoms with Gasteiger partial charge < -0.3 is 0 Å². The molecule has 0 spiro atoms. The number of hydrogen-bond acceptors (Lipinski definition) is 2. The molecule has 0 amide bonds. The summed E-state index contributed by atoms with van der Waals surface area (Å²) in [7, 11) is 0. The van der Waals surface area contributed by atoms with E-state index in [4.69, 9.17) is 6.85 Å². The van der Waals surface area contributed by atoms with Crippen LogP contribution in [0.1, 0.15) is 19.5 Å². The van der Waals surface area contributed by atoms with Crippen molar-refractivity contribution < 1.29 is 6.85 Å². The van der Waals surface area contributed by atoms with Gasteiger partial charge in [0, 0.05) is 39.1 Å². The molecule has 236 valence electrons. The first-order valence-electron chi connectivity index (χ1n) is 19.2. The lowest BCUT2D eigenvalue weighted by Crippen LogP contribution is -2.00. The van der Waals surface area contributed by atoms with Crippen LogP contribution >= 0.6 is 11.3 Å². The number of rotatable bonds is 5. The third kappa shape index (κ3) is 4.44. The van der Waals surface area contributed by atoms with Crippen LogP contribution in [0, 0.1) is 0 Å². The van der Waals surface area contributed by atoms with Gasteiger partial charge in [-0.2, -0.15) is 0 Å². The number of nitrogens with zero attached hydrogens (tertiary/aromatic N) is 2. The highest BCUT2D eigenvalue weighted by Gasteiger charge is 2.21. The number of aryl methyl sites for hydroxylation is 1. The minimum Gasteiger partial charge on any atom is -0.296 e. The molecular formula is C47H32N2S. The van der Waals surface area contributed by atoms with E-state index in [0.29, 0.717) is 16.7 Å². The molecule has 0 aliphatic rings. The molecular weight excluding hydrogens is 625 g/mol. The van der Waals surface area contributed by atoms with E-state index in [9.17, 15) is 0 Å². The first-order valence-corrected chi connectivity index (χ1v) is 17.5. The molecule has 0 N–H and O–H groups in total. The van der Waals surface area contributed by atoms with Gasteiger partial charge in [-0.05, 0) is 97.4 Å². The van der Waals surface area contributed by atoms with Crippen LogP contribution in [0.15, 0.2) is 164 Å². The minimum absolute atomic E-state index is 0.148.